The Morgan fingerprint density at radius 1 is 0.500 bits per heavy atom. The number of para-hydroxylation sites is 4. The van der Waals surface area contributed by atoms with Crippen molar-refractivity contribution in [1.29, 1.82) is 0 Å². The van der Waals surface area contributed by atoms with Crippen LogP contribution in [0.5, 0.6) is 0 Å². The van der Waals surface area contributed by atoms with E-state index >= 15 is 0 Å². The summed E-state index contributed by atoms with van der Waals surface area (Å²) in [7, 11) is 0. The fourth-order valence-electron chi connectivity index (χ4n) is 5.66. The molecule has 6 rings (SSSR count). The van der Waals surface area contributed by atoms with Gasteiger partial charge in [0.2, 0.25) is 11.4 Å². The summed E-state index contributed by atoms with van der Waals surface area (Å²) in [4.78, 5) is 2.48. The summed E-state index contributed by atoms with van der Waals surface area (Å²) < 4.78 is 4.40. The predicted octanol–water partition coefficient (Wildman–Crippen LogP) is 12.3. The summed E-state index contributed by atoms with van der Waals surface area (Å²) in [6.07, 6.45) is 4.32. The molecule has 230 valence electrons. The van der Waals surface area contributed by atoms with Crippen LogP contribution in [0.25, 0.3) is 5.32 Å². The minimum absolute atomic E-state index is 0. The molecule has 3 nitrogen and oxygen atoms in total. The molecule has 0 atom stereocenters. The first-order valence-electron chi connectivity index (χ1n) is 15.5. The fourth-order valence-corrected chi connectivity index (χ4v) is 6.63. The van der Waals surface area contributed by atoms with Crippen molar-refractivity contribution in [3.8, 4) is 0 Å². The van der Waals surface area contributed by atoms with Gasteiger partial charge in [-0.25, -0.2) is 0 Å². The van der Waals surface area contributed by atoms with Crippen molar-refractivity contribution in [3.63, 3.8) is 0 Å². The first-order chi connectivity index (χ1) is 20.7. The number of nitrogens with zero attached hydrogens (tertiary/aromatic N) is 3. The van der Waals surface area contributed by atoms with Gasteiger partial charge in [0.05, 0.1) is 0 Å². The van der Waals surface area contributed by atoms with E-state index in [1.807, 2.05) is 12.1 Å². The van der Waals surface area contributed by atoms with E-state index in [0.29, 0.717) is 23.7 Å². The Bertz CT molecular complexity index is 1510. The van der Waals surface area contributed by atoms with Gasteiger partial charge in [-0.3, -0.25) is 0 Å². The molecule has 44 heavy (non-hydrogen) atoms. The zero-order chi connectivity index (χ0) is 30.7. The molecule has 0 spiro atoms. The summed E-state index contributed by atoms with van der Waals surface area (Å²) >= 11 is 1.79. The quantitative estimate of drug-likeness (QED) is 0.124. The molecule has 0 radical (unpaired) electrons. The first-order valence-corrected chi connectivity index (χ1v) is 16.3. The van der Waals surface area contributed by atoms with E-state index in [0.717, 1.165) is 11.4 Å². The average Bonchev–Trinajstić information content (AvgIpc) is 3.49. The molecular formula is C39H44AuN3S+2. The van der Waals surface area contributed by atoms with E-state index in [2.05, 4.69) is 161 Å². The number of hydrogen-bond acceptors (Lipinski definition) is 1. The Hall–Kier alpha value is -3.11. The number of fused-ring (bicyclic) bond motifs is 2. The standard InChI is InChI=1S/C27H36N2.C12H8NS.Au/c1-18(2)22-11-9-12-23(19(3)4)26(22)28-15-16-29(17-28)27-24(20(5)6)13-10-14-25(27)21(7)8;1-3-7-11-9(5-1)13-10-6-2-4-8-12(10)14-11;/h9-16,18-21H,1-8H3;1-8H;/q+2;-1;+1. The third-order valence-electron chi connectivity index (χ3n) is 7.94. The molecule has 4 aromatic rings. The van der Waals surface area contributed by atoms with Crippen molar-refractivity contribution < 1.29 is 31.5 Å². The summed E-state index contributed by atoms with van der Waals surface area (Å²) in [5.41, 5.74) is 10.2. The van der Waals surface area contributed by atoms with Gasteiger partial charge >= 0.3 is 28.4 Å². The minimum Gasteiger partial charge on any atom is -0.656 e. The maximum Gasteiger partial charge on any atom is 1.00 e. The van der Waals surface area contributed by atoms with Crippen molar-refractivity contribution in [2.75, 3.05) is 0 Å². The Balaban J connectivity index is 0.000000244. The second-order valence-electron chi connectivity index (χ2n) is 12.5. The van der Waals surface area contributed by atoms with Gasteiger partial charge in [0.25, 0.3) is 12.4 Å². The maximum absolute atomic E-state index is 4.59. The Labute approximate surface area is 284 Å². The molecule has 0 N–H and O–H groups in total. The molecule has 0 saturated heterocycles. The molecule has 2 heterocycles. The smallest absolute Gasteiger partial charge is 0.656 e. The van der Waals surface area contributed by atoms with E-state index in [1.54, 1.807) is 11.8 Å². The maximum atomic E-state index is 4.59. The van der Waals surface area contributed by atoms with Crippen molar-refractivity contribution in [2.45, 2.75) is 88.9 Å². The van der Waals surface area contributed by atoms with Gasteiger partial charge in [-0.1, -0.05) is 149 Å². The molecule has 0 aliphatic carbocycles. The average molecular weight is 784 g/mol. The van der Waals surface area contributed by atoms with Crippen molar-refractivity contribution >= 4 is 40.5 Å². The molecule has 0 amide bonds. The van der Waals surface area contributed by atoms with Crippen LogP contribution in [0.1, 0.15) is 101 Å². The zero-order valence-corrected chi connectivity index (χ0v) is 30.1. The second-order valence-corrected chi connectivity index (χ2v) is 13.6. The SMILES string of the molecule is CC(C)c1cccc(C(C)C)c1[N+]1=C=[N+](c2c(C(C)C)cccc2C(C)C)C=C1.[Au+].c1ccc2c(c1)[N-]c1ccccc1S2. The van der Waals surface area contributed by atoms with Crippen molar-refractivity contribution in [3.05, 3.63) is 125 Å². The molecule has 4 aromatic carbocycles. The molecule has 5 heteroatoms. The van der Waals surface area contributed by atoms with Crippen LogP contribution in [-0.2, 0) is 22.4 Å². The van der Waals surface area contributed by atoms with Gasteiger partial charge in [0.15, 0.2) is 0 Å². The van der Waals surface area contributed by atoms with E-state index in [-0.39, 0.29) is 22.4 Å². The van der Waals surface area contributed by atoms with Crippen LogP contribution in [0.4, 0.5) is 22.7 Å². The van der Waals surface area contributed by atoms with Crippen molar-refractivity contribution in [2.24, 2.45) is 0 Å². The van der Waals surface area contributed by atoms with E-state index in [4.69, 9.17) is 0 Å². The van der Waals surface area contributed by atoms with Crippen LogP contribution in [0, 0.1) is 0 Å². The molecule has 2 aliphatic rings. The van der Waals surface area contributed by atoms with Gasteiger partial charge < -0.3 is 5.32 Å². The summed E-state index contributed by atoms with van der Waals surface area (Å²) in [6, 6.07) is 33.5. The summed E-state index contributed by atoms with van der Waals surface area (Å²) in [5, 5.41) is 4.59. The summed E-state index contributed by atoms with van der Waals surface area (Å²) in [5.74, 6) is 1.84. The molecule has 0 bridgehead atoms. The molecule has 0 aromatic heterocycles. The van der Waals surface area contributed by atoms with E-state index in [9.17, 15) is 0 Å². The largest absolute Gasteiger partial charge is 1.00 e. The van der Waals surface area contributed by atoms with Gasteiger partial charge in [0, 0.05) is 22.3 Å². The van der Waals surface area contributed by atoms with Gasteiger partial charge in [-0.15, -0.1) is 11.4 Å². The number of benzene rings is 4. The van der Waals surface area contributed by atoms with Crippen LogP contribution in [0.15, 0.2) is 107 Å². The Morgan fingerprint density at radius 3 is 1.18 bits per heavy atom. The van der Waals surface area contributed by atoms with E-state index in [1.165, 1.54) is 43.4 Å². The summed E-state index contributed by atoms with van der Waals surface area (Å²) in [6.45, 7) is 18.2. The van der Waals surface area contributed by atoms with Crippen molar-refractivity contribution in [1.82, 2.24) is 0 Å². The van der Waals surface area contributed by atoms with Crippen LogP contribution >= 0.6 is 11.8 Å². The number of hydrogen-bond donors (Lipinski definition) is 0. The Morgan fingerprint density at radius 2 is 0.841 bits per heavy atom. The minimum atomic E-state index is 0. The molecule has 0 unspecified atom stereocenters. The van der Waals surface area contributed by atoms with Gasteiger partial charge in [0.1, 0.15) is 0 Å². The predicted molar refractivity (Wildman–Crippen MR) is 183 cm³/mol. The molecule has 0 saturated carbocycles. The molecule has 0 fully saturated rings. The fraction of sp³-hybridized carbons (Fsp3) is 0.308. The second kappa shape index (κ2) is 14.8. The third-order valence-corrected chi connectivity index (χ3v) is 9.07. The zero-order valence-electron chi connectivity index (χ0n) is 27.1. The van der Waals surface area contributed by atoms with Crippen LogP contribution < -0.4 is 0 Å². The van der Waals surface area contributed by atoms with Gasteiger partial charge in [-0.05, 0) is 45.6 Å². The third kappa shape index (κ3) is 7.23. The Kier molecular flexibility index (Phi) is 11.3. The normalized spacial score (nSPS) is 13.1. The van der Waals surface area contributed by atoms with Gasteiger partial charge in [-0.2, -0.15) is 0 Å². The topological polar surface area (TPSA) is 20.1 Å². The molecular weight excluding hydrogens is 739 g/mol. The van der Waals surface area contributed by atoms with E-state index < -0.39 is 0 Å². The van der Waals surface area contributed by atoms with Crippen LogP contribution in [0.3, 0.4) is 0 Å². The monoisotopic (exact) mass is 783 g/mol. The molecule has 2 aliphatic heterocycles. The van der Waals surface area contributed by atoms with Crippen LogP contribution in [-0.4, -0.2) is 15.2 Å². The first kappa shape index (κ1) is 33.8. The van der Waals surface area contributed by atoms with Crippen LogP contribution in [0.2, 0.25) is 0 Å². The number of rotatable bonds is 6.